The third-order valence-electron chi connectivity index (χ3n) is 3.53. The van der Waals surface area contributed by atoms with E-state index in [1.165, 1.54) is 6.92 Å². The highest BCUT2D eigenvalue weighted by Crippen LogP contribution is 2.22. The van der Waals surface area contributed by atoms with E-state index in [0.29, 0.717) is 18.4 Å². The largest absolute Gasteiger partial charge is 0.480 e. The van der Waals surface area contributed by atoms with Crippen molar-refractivity contribution in [3.8, 4) is 0 Å². The van der Waals surface area contributed by atoms with E-state index in [1.54, 1.807) is 0 Å². The van der Waals surface area contributed by atoms with Gasteiger partial charge in [0.2, 0.25) is 5.91 Å². The third kappa shape index (κ3) is 4.34. The third-order valence-corrected chi connectivity index (χ3v) is 3.53. The molecule has 0 spiro atoms. The summed E-state index contributed by atoms with van der Waals surface area (Å²) < 4.78 is 0. The van der Waals surface area contributed by atoms with Gasteiger partial charge in [-0.1, -0.05) is 13.8 Å². The van der Waals surface area contributed by atoms with E-state index in [9.17, 15) is 9.59 Å². The second-order valence-electron chi connectivity index (χ2n) is 5.09. The fraction of sp³-hybridized carbons (Fsp3) is 0.833. The lowest BCUT2D eigenvalue weighted by molar-refractivity contribution is -0.142. The molecule has 2 N–H and O–H groups in total. The van der Waals surface area contributed by atoms with Gasteiger partial charge in [-0.15, -0.1) is 0 Å². The summed E-state index contributed by atoms with van der Waals surface area (Å²) in [6.07, 6.45) is 1.09. The molecule has 0 aliphatic carbocycles. The molecule has 3 unspecified atom stereocenters. The van der Waals surface area contributed by atoms with Crippen molar-refractivity contribution in [3.63, 3.8) is 0 Å². The average Bonchev–Trinajstić information content (AvgIpc) is 2.21. The minimum absolute atomic E-state index is 0.296. The number of hydrogen-bond acceptors (Lipinski definition) is 3. The normalized spacial score (nSPS) is 27.5. The van der Waals surface area contributed by atoms with Gasteiger partial charge in [-0.2, -0.15) is 0 Å². The van der Waals surface area contributed by atoms with Crippen molar-refractivity contribution in [2.24, 2.45) is 11.8 Å². The Morgan fingerprint density at radius 3 is 2.53 bits per heavy atom. The molecule has 1 heterocycles. The van der Waals surface area contributed by atoms with Gasteiger partial charge in [-0.25, -0.2) is 4.79 Å². The number of carbonyl (C=O) groups excluding carboxylic acids is 1. The second-order valence-corrected chi connectivity index (χ2v) is 5.09. The lowest BCUT2D eigenvalue weighted by Crippen LogP contribution is -2.50. The van der Waals surface area contributed by atoms with Crippen LogP contribution in [-0.2, 0) is 9.59 Å². The van der Waals surface area contributed by atoms with Crippen LogP contribution in [0.1, 0.15) is 27.2 Å². The van der Waals surface area contributed by atoms with Gasteiger partial charge in [0.15, 0.2) is 0 Å². The molecule has 0 aromatic carbocycles. The Morgan fingerprint density at radius 2 is 2.06 bits per heavy atom. The van der Waals surface area contributed by atoms with Gasteiger partial charge in [-0.3, -0.25) is 4.79 Å². The summed E-state index contributed by atoms with van der Waals surface area (Å²) in [5.74, 6) is 0.00752. The van der Waals surface area contributed by atoms with E-state index in [4.69, 9.17) is 5.11 Å². The molecule has 3 atom stereocenters. The number of hydrogen-bond donors (Lipinski definition) is 2. The van der Waals surface area contributed by atoms with Crippen molar-refractivity contribution in [1.29, 1.82) is 0 Å². The van der Waals surface area contributed by atoms with Gasteiger partial charge in [-0.05, 0) is 24.8 Å². The number of nitrogens with zero attached hydrogens (tertiary/aromatic N) is 1. The van der Waals surface area contributed by atoms with E-state index >= 15 is 0 Å². The van der Waals surface area contributed by atoms with Gasteiger partial charge < -0.3 is 15.3 Å². The van der Waals surface area contributed by atoms with Crippen molar-refractivity contribution >= 4 is 11.9 Å². The molecule has 1 fully saturated rings. The zero-order valence-corrected chi connectivity index (χ0v) is 10.8. The fourth-order valence-corrected chi connectivity index (χ4v) is 2.20. The smallest absolute Gasteiger partial charge is 0.327 e. The van der Waals surface area contributed by atoms with Crippen LogP contribution in [0.4, 0.5) is 0 Å². The summed E-state index contributed by atoms with van der Waals surface area (Å²) in [6.45, 7) is 7.97. The molecule has 1 rings (SSSR count). The number of amides is 1. The summed E-state index contributed by atoms with van der Waals surface area (Å²) in [7, 11) is 0. The Hall–Kier alpha value is -1.10. The number of piperidine rings is 1. The lowest BCUT2D eigenvalue weighted by Gasteiger charge is -2.36. The van der Waals surface area contributed by atoms with Gasteiger partial charge >= 0.3 is 5.97 Å². The first-order valence-corrected chi connectivity index (χ1v) is 6.12. The van der Waals surface area contributed by atoms with Crippen molar-refractivity contribution in [3.05, 3.63) is 0 Å². The molecule has 1 aliphatic rings. The topological polar surface area (TPSA) is 69.6 Å². The van der Waals surface area contributed by atoms with Gasteiger partial charge in [0.05, 0.1) is 0 Å². The molecular formula is C12H22N2O3. The minimum atomic E-state index is -0.966. The standard InChI is InChI=1S/C12H22N2O3/c1-8-4-5-14(6-9(8)2)7-11(12(16)17)13-10(3)15/h8-9,11H,4-7H2,1-3H3,(H,13,15)(H,16,17). The van der Waals surface area contributed by atoms with E-state index in [1.807, 2.05) is 0 Å². The number of carbonyl (C=O) groups is 2. The molecule has 0 aromatic rings. The molecule has 0 saturated carbocycles. The zero-order chi connectivity index (χ0) is 13.0. The van der Waals surface area contributed by atoms with Gasteiger partial charge in [0, 0.05) is 20.0 Å². The summed E-state index contributed by atoms with van der Waals surface area (Å²) in [5, 5.41) is 11.5. The fourth-order valence-electron chi connectivity index (χ4n) is 2.20. The number of rotatable bonds is 4. The van der Waals surface area contributed by atoms with E-state index in [2.05, 4.69) is 24.1 Å². The Kier molecular flexibility index (Phi) is 4.93. The number of carboxylic acid groups (broad SMARTS) is 1. The first-order chi connectivity index (χ1) is 7.90. The lowest BCUT2D eigenvalue weighted by atomic mass is 9.88. The Labute approximate surface area is 102 Å². The van der Waals surface area contributed by atoms with Gasteiger partial charge in [0.1, 0.15) is 6.04 Å². The quantitative estimate of drug-likeness (QED) is 0.755. The molecule has 0 bridgehead atoms. The van der Waals surface area contributed by atoms with E-state index in [0.717, 1.165) is 19.5 Å². The maximum absolute atomic E-state index is 11.0. The monoisotopic (exact) mass is 242 g/mol. The van der Waals surface area contributed by atoms with E-state index < -0.39 is 12.0 Å². The van der Waals surface area contributed by atoms with Crippen LogP contribution in [0, 0.1) is 11.8 Å². The number of carboxylic acids is 1. The average molecular weight is 242 g/mol. The maximum atomic E-state index is 11.0. The van der Waals surface area contributed by atoms with Crippen LogP contribution in [0.2, 0.25) is 0 Å². The highest BCUT2D eigenvalue weighted by molar-refractivity contribution is 5.82. The molecule has 1 aliphatic heterocycles. The first kappa shape index (κ1) is 14.0. The molecular weight excluding hydrogens is 220 g/mol. The Bertz CT molecular complexity index is 293. The summed E-state index contributed by atoms with van der Waals surface area (Å²) in [6, 6.07) is -0.798. The highest BCUT2D eigenvalue weighted by Gasteiger charge is 2.27. The number of nitrogens with one attached hydrogen (secondary N) is 1. The minimum Gasteiger partial charge on any atom is -0.480 e. The maximum Gasteiger partial charge on any atom is 0.327 e. The molecule has 0 aromatic heterocycles. The Balaban J connectivity index is 2.50. The van der Waals surface area contributed by atoms with E-state index in [-0.39, 0.29) is 5.91 Å². The predicted octanol–water partition coefficient (Wildman–Crippen LogP) is 0.554. The predicted molar refractivity (Wildman–Crippen MR) is 64.6 cm³/mol. The van der Waals surface area contributed by atoms with Crippen molar-refractivity contribution in [1.82, 2.24) is 10.2 Å². The molecule has 5 nitrogen and oxygen atoms in total. The number of likely N-dealkylation sites (tertiary alicyclic amines) is 1. The van der Waals surface area contributed by atoms with Crippen molar-refractivity contribution in [2.75, 3.05) is 19.6 Å². The summed E-state index contributed by atoms with van der Waals surface area (Å²) in [4.78, 5) is 24.1. The van der Waals surface area contributed by atoms with Crippen LogP contribution < -0.4 is 5.32 Å². The highest BCUT2D eigenvalue weighted by atomic mass is 16.4. The van der Waals surface area contributed by atoms with Crippen LogP contribution in [-0.4, -0.2) is 47.6 Å². The number of aliphatic carboxylic acids is 1. The zero-order valence-electron chi connectivity index (χ0n) is 10.8. The van der Waals surface area contributed by atoms with Crippen LogP contribution >= 0.6 is 0 Å². The molecule has 1 amide bonds. The molecule has 98 valence electrons. The molecule has 1 saturated heterocycles. The molecule has 17 heavy (non-hydrogen) atoms. The summed E-state index contributed by atoms with van der Waals surface area (Å²) in [5.41, 5.74) is 0. The van der Waals surface area contributed by atoms with Crippen molar-refractivity contribution in [2.45, 2.75) is 33.2 Å². The van der Waals surface area contributed by atoms with Crippen molar-refractivity contribution < 1.29 is 14.7 Å². The second kappa shape index (κ2) is 6.00. The SMILES string of the molecule is CC(=O)NC(CN1CCC(C)C(C)C1)C(=O)O. The Morgan fingerprint density at radius 1 is 1.41 bits per heavy atom. The van der Waals surface area contributed by atoms with Crippen LogP contribution in [0.3, 0.4) is 0 Å². The van der Waals surface area contributed by atoms with Crippen LogP contribution in [0.25, 0.3) is 0 Å². The molecule has 5 heteroatoms. The van der Waals surface area contributed by atoms with Gasteiger partial charge in [0.25, 0.3) is 0 Å². The molecule has 0 radical (unpaired) electrons. The van der Waals surface area contributed by atoms with Crippen LogP contribution in [0.5, 0.6) is 0 Å². The van der Waals surface area contributed by atoms with Crippen LogP contribution in [0.15, 0.2) is 0 Å². The summed E-state index contributed by atoms with van der Waals surface area (Å²) >= 11 is 0. The first-order valence-electron chi connectivity index (χ1n) is 6.12.